The zero-order chi connectivity index (χ0) is 17.8. The van der Waals surface area contributed by atoms with Gasteiger partial charge in [0.05, 0.1) is 7.11 Å². The summed E-state index contributed by atoms with van der Waals surface area (Å²) in [4.78, 5) is 19.6. The number of methoxy groups -OCH3 is 1. The summed E-state index contributed by atoms with van der Waals surface area (Å²) in [5.74, 6) is 0.552. The summed E-state index contributed by atoms with van der Waals surface area (Å²) in [5, 5.41) is 0. The molecule has 0 aliphatic carbocycles. The second-order valence-electron chi connectivity index (χ2n) is 5.60. The van der Waals surface area contributed by atoms with Gasteiger partial charge in [0.1, 0.15) is 5.82 Å². The molecule has 0 aliphatic rings. The smallest absolute Gasteiger partial charge is 0.248 e. The average Bonchev–Trinajstić information content (AvgIpc) is 2.64. The zero-order valence-corrected chi connectivity index (χ0v) is 13.8. The van der Waals surface area contributed by atoms with Crippen molar-refractivity contribution in [2.24, 2.45) is 5.73 Å². The van der Waals surface area contributed by atoms with Gasteiger partial charge in [-0.3, -0.25) is 4.79 Å². The number of nitrogen functional groups attached to an aromatic ring is 1. The standard InChI is InChI=1S/C19H18N4O2/c1-25-17-7-6-15(11-22-17)16-9-13(10-23-18(16)20)8-12-2-4-14(5-3-12)19(21)24/h2-7,9-11H,8H2,1H3,(H2,20,23)(H2,21,24). The van der Waals surface area contributed by atoms with Crippen molar-refractivity contribution < 1.29 is 9.53 Å². The second kappa shape index (κ2) is 7.00. The summed E-state index contributed by atoms with van der Waals surface area (Å²) in [6, 6.07) is 12.9. The lowest BCUT2D eigenvalue weighted by molar-refractivity contribution is 0.100. The van der Waals surface area contributed by atoms with Crippen LogP contribution in [0.2, 0.25) is 0 Å². The Hall–Kier alpha value is -3.41. The molecule has 2 heterocycles. The van der Waals surface area contributed by atoms with E-state index in [1.807, 2.05) is 24.3 Å². The van der Waals surface area contributed by atoms with E-state index >= 15 is 0 Å². The van der Waals surface area contributed by atoms with Gasteiger partial charge >= 0.3 is 0 Å². The fourth-order valence-electron chi connectivity index (χ4n) is 2.53. The molecule has 6 nitrogen and oxygen atoms in total. The molecule has 2 aromatic heterocycles. The van der Waals surface area contributed by atoms with E-state index < -0.39 is 5.91 Å². The molecule has 0 unspecified atom stereocenters. The summed E-state index contributed by atoms with van der Waals surface area (Å²) in [7, 11) is 1.57. The molecule has 0 saturated heterocycles. The van der Waals surface area contributed by atoms with Gasteiger partial charge in [0, 0.05) is 35.2 Å². The lowest BCUT2D eigenvalue weighted by atomic mass is 10.0. The molecule has 0 aliphatic heterocycles. The number of hydrogen-bond donors (Lipinski definition) is 2. The summed E-state index contributed by atoms with van der Waals surface area (Å²) in [6.45, 7) is 0. The minimum atomic E-state index is -0.435. The fourth-order valence-corrected chi connectivity index (χ4v) is 2.53. The molecular weight excluding hydrogens is 316 g/mol. The first-order valence-corrected chi connectivity index (χ1v) is 7.70. The van der Waals surface area contributed by atoms with Crippen LogP contribution in [0, 0.1) is 0 Å². The SMILES string of the molecule is COc1ccc(-c2cc(Cc3ccc(C(N)=O)cc3)cnc2N)cn1. The van der Waals surface area contributed by atoms with E-state index in [4.69, 9.17) is 16.2 Å². The monoisotopic (exact) mass is 334 g/mol. The van der Waals surface area contributed by atoms with Gasteiger partial charge in [-0.2, -0.15) is 0 Å². The maximum Gasteiger partial charge on any atom is 0.248 e. The molecule has 0 saturated carbocycles. The molecule has 4 N–H and O–H groups in total. The number of hydrogen-bond acceptors (Lipinski definition) is 5. The minimum absolute atomic E-state index is 0.435. The van der Waals surface area contributed by atoms with Crippen molar-refractivity contribution in [1.82, 2.24) is 9.97 Å². The van der Waals surface area contributed by atoms with Gasteiger partial charge in [0.2, 0.25) is 11.8 Å². The highest BCUT2D eigenvalue weighted by Gasteiger charge is 2.08. The number of amides is 1. The normalized spacial score (nSPS) is 10.4. The molecule has 0 radical (unpaired) electrons. The van der Waals surface area contributed by atoms with Crippen LogP contribution < -0.4 is 16.2 Å². The van der Waals surface area contributed by atoms with Gasteiger partial charge in [-0.25, -0.2) is 9.97 Å². The largest absolute Gasteiger partial charge is 0.481 e. The molecule has 1 aromatic carbocycles. The second-order valence-corrected chi connectivity index (χ2v) is 5.60. The van der Waals surface area contributed by atoms with Crippen molar-refractivity contribution in [2.75, 3.05) is 12.8 Å². The van der Waals surface area contributed by atoms with E-state index in [1.54, 1.807) is 37.7 Å². The van der Waals surface area contributed by atoms with E-state index in [1.165, 1.54) is 0 Å². The minimum Gasteiger partial charge on any atom is -0.481 e. The van der Waals surface area contributed by atoms with Crippen LogP contribution in [0.5, 0.6) is 5.88 Å². The van der Waals surface area contributed by atoms with Gasteiger partial charge in [-0.15, -0.1) is 0 Å². The maximum atomic E-state index is 11.1. The summed E-state index contributed by atoms with van der Waals surface area (Å²) in [5.41, 5.74) is 15.5. The van der Waals surface area contributed by atoms with E-state index in [0.29, 0.717) is 23.7 Å². The van der Waals surface area contributed by atoms with Crippen LogP contribution in [0.15, 0.2) is 54.9 Å². The molecule has 3 aromatic rings. The molecule has 126 valence electrons. The van der Waals surface area contributed by atoms with Crippen LogP contribution in [0.4, 0.5) is 5.82 Å². The first kappa shape index (κ1) is 16.4. The van der Waals surface area contributed by atoms with Crippen molar-refractivity contribution >= 4 is 11.7 Å². The number of carbonyl (C=O) groups excluding carboxylic acids is 1. The molecular formula is C19H18N4O2. The van der Waals surface area contributed by atoms with Crippen LogP contribution in [0.1, 0.15) is 21.5 Å². The number of nitrogens with zero attached hydrogens (tertiary/aromatic N) is 2. The molecule has 3 rings (SSSR count). The highest BCUT2D eigenvalue weighted by molar-refractivity contribution is 5.92. The van der Waals surface area contributed by atoms with E-state index in [9.17, 15) is 4.79 Å². The molecule has 6 heteroatoms. The highest BCUT2D eigenvalue weighted by Crippen LogP contribution is 2.26. The predicted molar refractivity (Wildman–Crippen MR) is 96.2 cm³/mol. The number of benzene rings is 1. The Kier molecular flexibility index (Phi) is 4.61. The number of rotatable bonds is 5. The Balaban J connectivity index is 1.86. The average molecular weight is 334 g/mol. The third kappa shape index (κ3) is 3.74. The number of anilines is 1. The Labute approximate surface area is 145 Å². The number of carbonyl (C=O) groups is 1. The Morgan fingerprint density at radius 3 is 2.40 bits per heavy atom. The van der Waals surface area contributed by atoms with Crippen molar-refractivity contribution in [2.45, 2.75) is 6.42 Å². The lowest BCUT2D eigenvalue weighted by Gasteiger charge is -2.09. The van der Waals surface area contributed by atoms with E-state index in [0.717, 1.165) is 22.3 Å². The van der Waals surface area contributed by atoms with Crippen LogP contribution in [0.3, 0.4) is 0 Å². The molecule has 0 bridgehead atoms. The highest BCUT2D eigenvalue weighted by atomic mass is 16.5. The van der Waals surface area contributed by atoms with E-state index in [-0.39, 0.29) is 0 Å². The van der Waals surface area contributed by atoms with Crippen LogP contribution in [-0.4, -0.2) is 23.0 Å². The Bertz CT molecular complexity index is 890. The summed E-state index contributed by atoms with van der Waals surface area (Å²) in [6.07, 6.45) is 4.12. The number of ether oxygens (including phenoxy) is 1. The van der Waals surface area contributed by atoms with Gasteiger partial charge < -0.3 is 16.2 Å². The first-order chi connectivity index (χ1) is 12.1. The van der Waals surface area contributed by atoms with Crippen molar-refractivity contribution in [3.8, 4) is 17.0 Å². The quantitative estimate of drug-likeness (QED) is 0.745. The van der Waals surface area contributed by atoms with Crippen molar-refractivity contribution in [1.29, 1.82) is 0 Å². The van der Waals surface area contributed by atoms with Crippen LogP contribution >= 0.6 is 0 Å². The van der Waals surface area contributed by atoms with Crippen LogP contribution in [-0.2, 0) is 6.42 Å². The number of pyridine rings is 2. The van der Waals surface area contributed by atoms with Crippen molar-refractivity contribution in [3.05, 3.63) is 71.5 Å². The zero-order valence-electron chi connectivity index (χ0n) is 13.8. The topological polar surface area (TPSA) is 104 Å². The fraction of sp³-hybridized carbons (Fsp3) is 0.105. The predicted octanol–water partition coefficient (Wildman–Crippen LogP) is 2.42. The molecule has 1 amide bonds. The lowest BCUT2D eigenvalue weighted by Crippen LogP contribution is -2.10. The van der Waals surface area contributed by atoms with Crippen LogP contribution in [0.25, 0.3) is 11.1 Å². The molecule has 0 fully saturated rings. The number of aromatic nitrogens is 2. The summed E-state index contributed by atoms with van der Waals surface area (Å²) >= 11 is 0. The maximum absolute atomic E-state index is 11.1. The van der Waals surface area contributed by atoms with Gasteiger partial charge in [-0.05, 0) is 41.8 Å². The van der Waals surface area contributed by atoms with Gasteiger partial charge in [0.15, 0.2) is 0 Å². The molecule has 0 spiro atoms. The van der Waals surface area contributed by atoms with Crippen molar-refractivity contribution in [3.63, 3.8) is 0 Å². The number of primary amides is 1. The van der Waals surface area contributed by atoms with Gasteiger partial charge in [-0.1, -0.05) is 12.1 Å². The third-order valence-electron chi connectivity index (χ3n) is 3.88. The first-order valence-electron chi connectivity index (χ1n) is 7.70. The Morgan fingerprint density at radius 2 is 1.80 bits per heavy atom. The molecule has 25 heavy (non-hydrogen) atoms. The third-order valence-corrected chi connectivity index (χ3v) is 3.88. The Morgan fingerprint density at radius 1 is 1.04 bits per heavy atom. The summed E-state index contributed by atoms with van der Waals surface area (Å²) < 4.78 is 5.07. The number of nitrogens with two attached hydrogens (primary N) is 2. The molecule has 0 atom stereocenters. The van der Waals surface area contributed by atoms with Gasteiger partial charge in [0.25, 0.3) is 0 Å². The van der Waals surface area contributed by atoms with E-state index in [2.05, 4.69) is 9.97 Å².